The van der Waals surface area contributed by atoms with Gasteiger partial charge in [-0.3, -0.25) is 0 Å². The van der Waals surface area contributed by atoms with Crippen molar-refractivity contribution in [3.63, 3.8) is 0 Å². The van der Waals surface area contributed by atoms with Gasteiger partial charge in [0.05, 0.1) is 7.85 Å². The molecule has 0 heterocycles. The van der Waals surface area contributed by atoms with Crippen LogP contribution in [0.5, 0.6) is 0 Å². The zero-order chi connectivity index (χ0) is 13.6. The molecule has 0 aliphatic heterocycles. The lowest BCUT2D eigenvalue weighted by molar-refractivity contribution is 0.159. The molecule has 0 bridgehead atoms. The molecule has 94 valence electrons. The molecule has 2 radical (unpaired) electrons. The topological polar surface area (TPSA) is 40.5 Å². The molecule has 1 aliphatic rings. The maximum absolute atomic E-state index is 10.1. The molecule has 0 aromatic heterocycles. The van der Waals surface area contributed by atoms with Crippen molar-refractivity contribution in [2.45, 2.75) is 32.2 Å². The van der Waals surface area contributed by atoms with Crippen LogP contribution in [-0.4, -0.2) is 23.7 Å². The summed E-state index contributed by atoms with van der Waals surface area (Å²) < 4.78 is 0. The van der Waals surface area contributed by atoms with Gasteiger partial charge in [0.1, 0.15) is 11.4 Å². The summed E-state index contributed by atoms with van der Waals surface area (Å²) in [6.45, 7) is 3.54. The molecule has 1 unspecified atom stereocenters. The van der Waals surface area contributed by atoms with Gasteiger partial charge in [-0.05, 0) is 49.6 Å². The number of rotatable bonds is 4. The van der Waals surface area contributed by atoms with Crippen LogP contribution in [0.4, 0.5) is 0 Å². The summed E-state index contributed by atoms with van der Waals surface area (Å²) in [6.07, 6.45) is 13.8. The monoisotopic (exact) mass is 242 g/mol. The standard InChI is InChI=1S/C15H19BO2/c1-3-6-13-10-15(2,18)11-14(17)9-12(13)7-4-5-8-16/h3-4,6-7,9-11,17-18H,5,8H2,1-2H3/b6-3-,7-4-. The Morgan fingerprint density at radius 2 is 2.00 bits per heavy atom. The van der Waals surface area contributed by atoms with Crippen LogP contribution in [0.2, 0.25) is 6.32 Å². The van der Waals surface area contributed by atoms with E-state index in [-0.39, 0.29) is 5.76 Å². The van der Waals surface area contributed by atoms with Gasteiger partial charge in [0, 0.05) is 0 Å². The highest BCUT2D eigenvalue weighted by Gasteiger charge is 2.19. The van der Waals surface area contributed by atoms with Gasteiger partial charge in [-0.25, -0.2) is 0 Å². The maximum atomic E-state index is 10.1. The third-order valence-electron chi connectivity index (χ3n) is 2.50. The summed E-state index contributed by atoms with van der Waals surface area (Å²) in [6, 6.07) is 0. The Morgan fingerprint density at radius 3 is 2.61 bits per heavy atom. The molecule has 0 fully saturated rings. The van der Waals surface area contributed by atoms with E-state index < -0.39 is 5.60 Å². The maximum Gasteiger partial charge on any atom is 0.115 e. The normalized spacial score (nSPS) is 24.9. The third kappa shape index (κ3) is 4.42. The fourth-order valence-corrected chi connectivity index (χ4v) is 1.80. The van der Waals surface area contributed by atoms with E-state index in [9.17, 15) is 10.2 Å². The lowest BCUT2D eigenvalue weighted by Crippen LogP contribution is -2.17. The van der Waals surface area contributed by atoms with Crippen LogP contribution in [-0.2, 0) is 0 Å². The van der Waals surface area contributed by atoms with Crippen LogP contribution in [0.1, 0.15) is 20.3 Å². The van der Waals surface area contributed by atoms with Crippen LogP contribution in [0.15, 0.2) is 59.4 Å². The Balaban J connectivity index is 3.14. The largest absolute Gasteiger partial charge is 0.508 e. The zero-order valence-corrected chi connectivity index (χ0v) is 10.9. The molecule has 1 atom stereocenters. The molecule has 0 aromatic carbocycles. The second kappa shape index (κ2) is 6.46. The molecular weight excluding hydrogens is 223 g/mol. The Bertz CT molecular complexity index is 437. The quantitative estimate of drug-likeness (QED) is 0.743. The molecule has 1 rings (SSSR count). The van der Waals surface area contributed by atoms with Crippen molar-refractivity contribution in [2.75, 3.05) is 0 Å². The third-order valence-corrected chi connectivity index (χ3v) is 2.50. The number of hydrogen-bond donors (Lipinski definition) is 2. The van der Waals surface area contributed by atoms with E-state index in [1.54, 1.807) is 19.1 Å². The minimum Gasteiger partial charge on any atom is -0.508 e. The van der Waals surface area contributed by atoms with Crippen molar-refractivity contribution in [3.8, 4) is 0 Å². The van der Waals surface area contributed by atoms with Crippen LogP contribution in [0.3, 0.4) is 0 Å². The molecule has 0 saturated heterocycles. The van der Waals surface area contributed by atoms with Crippen molar-refractivity contribution in [1.82, 2.24) is 0 Å². The van der Waals surface area contributed by atoms with E-state index in [4.69, 9.17) is 7.85 Å². The number of hydrogen-bond acceptors (Lipinski definition) is 2. The van der Waals surface area contributed by atoms with Gasteiger partial charge < -0.3 is 10.2 Å². The fraction of sp³-hybridized carbons (Fsp3) is 0.333. The van der Waals surface area contributed by atoms with Crippen molar-refractivity contribution >= 4 is 7.85 Å². The summed E-state index contributed by atoms with van der Waals surface area (Å²) in [5.74, 6) is 0.0585. The lowest BCUT2D eigenvalue weighted by Gasteiger charge is -2.14. The van der Waals surface area contributed by atoms with E-state index in [0.29, 0.717) is 6.32 Å². The Hall–Kier alpha value is -1.48. The fourth-order valence-electron chi connectivity index (χ4n) is 1.80. The van der Waals surface area contributed by atoms with Gasteiger partial charge in [0.2, 0.25) is 0 Å². The van der Waals surface area contributed by atoms with Crippen molar-refractivity contribution in [2.24, 2.45) is 0 Å². The predicted molar refractivity (Wildman–Crippen MR) is 76.6 cm³/mol. The highest BCUT2D eigenvalue weighted by Crippen LogP contribution is 2.25. The lowest BCUT2D eigenvalue weighted by atomic mass is 9.98. The van der Waals surface area contributed by atoms with Crippen molar-refractivity contribution in [1.29, 1.82) is 0 Å². The average molecular weight is 242 g/mol. The van der Waals surface area contributed by atoms with E-state index >= 15 is 0 Å². The van der Waals surface area contributed by atoms with E-state index in [1.165, 1.54) is 6.08 Å². The Labute approximate surface area is 110 Å². The van der Waals surface area contributed by atoms with Crippen LogP contribution >= 0.6 is 0 Å². The van der Waals surface area contributed by atoms with E-state index in [1.807, 2.05) is 31.2 Å². The molecule has 18 heavy (non-hydrogen) atoms. The smallest absolute Gasteiger partial charge is 0.115 e. The molecule has 0 saturated carbocycles. The first-order valence-electron chi connectivity index (χ1n) is 6.07. The highest BCUT2D eigenvalue weighted by atomic mass is 16.3. The Morgan fingerprint density at radius 1 is 1.28 bits per heavy atom. The van der Waals surface area contributed by atoms with Crippen molar-refractivity contribution in [3.05, 3.63) is 59.4 Å². The molecule has 3 heteroatoms. The number of aliphatic hydroxyl groups excluding tert-OH is 1. The first-order valence-corrected chi connectivity index (χ1v) is 6.07. The first-order chi connectivity index (χ1) is 8.48. The summed E-state index contributed by atoms with van der Waals surface area (Å²) >= 11 is 0. The zero-order valence-electron chi connectivity index (χ0n) is 10.9. The molecular formula is C15H19BO2. The van der Waals surface area contributed by atoms with E-state index in [2.05, 4.69) is 0 Å². The molecule has 0 spiro atoms. The minimum atomic E-state index is -1.15. The summed E-state index contributed by atoms with van der Waals surface area (Å²) in [5, 5.41) is 19.8. The number of allylic oxidation sites excluding steroid dienone is 7. The van der Waals surface area contributed by atoms with Gasteiger partial charge in [0.15, 0.2) is 0 Å². The summed E-state index contributed by atoms with van der Waals surface area (Å²) in [7, 11) is 5.44. The van der Waals surface area contributed by atoms with Gasteiger partial charge in [0.25, 0.3) is 0 Å². The summed E-state index contributed by atoms with van der Waals surface area (Å²) in [4.78, 5) is 0. The molecule has 0 aromatic rings. The Kier molecular flexibility index (Phi) is 5.23. The summed E-state index contributed by atoms with van der Waals surface area (Å²) in [5.41, 5.74) is 0.572. The molecule has 0 amide bonds. The second-order valence-electron chi connectivity index (χ2n) is 4.47. The van der Waals surface area contributed by atoms with Gasteiger partial charge in [-0.2, -0.15) is 0 Å². The van der Waals surface area contributed by atoms with E-state index in [0.717, 1.165) is 17.6 Å². The minimum absolute atomic E-state index is 0.0585. The van der Waals surface area contributed by atoms with Crippen LogP contribution < -0.4 is 0 Å². The van der Waals surface area contributed by atoms with Gasteiger partial charge >= 0.3 is 0 Å². The van der Waals surface area contributed by atoms with Crippen LogP contribution in [0, 0.1) is 0 Å². The first kappa shape index (κ1) is 14.6. The average Bonchev–Trinajstić information content (AvgIpc) is 2.36. The van der Waals surface area contributed by atoms with Gasteiger partial charge in [-0.1, -0.05) is 30.6 Å². The van der Waals surface area contributed by atoms with Crippen LogP contribution in [0.25, 0.3) is 0 Å². The number of aliphatic hydroxyl groups is 2. The van der Waals surface area contributed by atoms with Crippen molar-refractivity contribution < 1.29 is 10.2 Å². The molecule has 2 N–H and O–H groups in total. The highest BCUT2D eigenvalue weighted by molar-refractivity contribution is 6.08. The molecule has 2 nitrogen and oxygen atoms in total. The van der Waals surface area contributed by atoms with Gasteiger partial charge in [-0.15, -0.1) is 0 Å². The molecule has 1 aliphatic carbocycles. The predicted octanol–water partition coefficient (Wildman–Crippen LogP) is 3.15. The SMILES string of the molecule is [B]CC/C=C\C1=CC(O)=CC(C)(O)C=C1/C=C\C. The second-order valence-corrected chi connectivity index (χ2v) is 4.47.